The Morgan fingerprint density at radius 3 is 2.81 bits per heavy atom. The number of anilines is 1. The molecule has 0 aliphatic heterocycles. The van der Waals surface area contributed by atoms with Crippen molar-refractivity contribution >= 4 is 32.0 Å². The van der Waals surface area contributed by atoms with Gasteiger partial charge in [-0.3, -0.25) is 9.12 Å². The summed E-state index contributed by atoms with van der Waals surface area (Å²) in [7, 11) is -2.74. The Bertz CT molecular complexity index is 1200. The Kier molecular flexibility index (Phi) is 4.33. The van der Waals surface area contributed by atoms with Crippen LogP contribution >= 0.6 is 11.3 Å². The number of nitrogens with zero attached hydrogens (tertiary/aromatic N) is 2. The zero-order chi connectivity index (χ0) is 19.0. The number of nitrogens with one attached hydrogen (secondary N) is 1. The monoisotopic (exact) mass is 403 g/mol. The molecular weight excluding hydrogens is 389 g/mol. The summed E-state index contributed by atoms with van der Waals surface area (Å²) in [5.41, 5.74) is 1.59. The molecule has 1 N–H and O–H groups in total. The van der Waals surface area contributed by atoms with E-state index in [1.807, 2.05) is 22.2 Å². The first-order valence-electron chi connectivity index (χ1n) is 7.86. The number of rotatable bonds is 5. The number of para-hydroxylation sites is 1. The van der Waals surface area contributed by atoms with Gasteiger partial charge in [-0.25, -0.2) is 17.8 Å². The van der Waals surface area contributed by atoms with Gasteiger partial charge >= 0.3 is 0 Å². The predicted molar refractivity (Wildman–Crippen MR) is 102 cm³/mol. The van der Waals surface area contributed by atoms with E-state index in [9.17, 15) is 12.8 Å². The second-order valence-electron chi connectivity index (χ2n) is 5.67. The molecule has 0 aliphatic rings. The van der Waals surface area contributed by atoms with Crippen molar-refractivity contribution < 1.29 is 17.5 Å². The first-order chi connectivity index (χ1) is 13.0. The molecule has 0 radical (unpaired) electrons. The van der Waals surface area contributed by atoms with E-state index >= 15 is 0 Å². The first-order valence-corrected chi connectivity index (χ1v) is 10.2. The molecule has 0 fully saturated rings. The van der Waals surface area contributed by atoms with E-state index in [-0.39, 0.29) is 10.6 Å². The van der Waals surface area contributed by atoms with Crippen LogP contribution < -0.4 is 9.46 Å². The van der Waals surface area contributed by atoms with Crippen LogP contribution in [-0.2, 0) is 10.0 Å². The molecule has 0 unspecified atom stereocenters. The number of fused-ring (bicyclic) bond motifs is 1. The van der Waals surface area contributed by atoms with Crippen LogP contribution in [0.4, 0.5) is 10.1 Å². The minimum atomic E-state index is -4.07. The lowest BCUT2D eigenvalue weighted by Crippen LogP contribution is -2.15. The minimum Gasteiger partial charge on any atom is -0.495 e. The van der Waals surface area contributed by atoms with Crippen LogP contribution in [-0.4, -0.2) is 24.9 Å². The van der Waals surface area contributed by atoms with Gasteiger partial charge in [-0.15, -0.1) is 11.3 Å². The molecule has 0 saturated heterocycles. The van der Waals surface area contributed by atoms with Crippen LogP contribution in [0.15, 0.2) is 65.1 Å². The lowest BCUT2D eigenvalue weighted by atomic mass is 10.1. The Hall–Kier alpha value is -2.91. The second-order valence-corrected chi connectivity index (χ2v) is 8.19. The van der Waals surface area contributed by atoms with Crippen molar-refractivity contribution in [2.24, 2.45) is 0 Å². The molecule has 27 heavy (non-hydrogen) atoms. The van der Waals surface area contributed by atoms with E-state index in [1.54, 1.807) is 24.3 Å². The Labute approximate surface area is 158 Å². The number of hydrogen-bond donors (Lipinski definition) is 1. The van der Waals surface area contributed by atoms with Gasteiger partial charge in [-0.05, 0) is 24.3 Å². The minimum absolute atomic E-state index is 0.0592. The molecule has 6 nitrogen and oxygen atoms in total. The van der Waals surface area contributed by atoms with E-state index in [4.69, 9.17) is 4.74 Å². The maximum Gasteiger partial charge on any atom is 0.265 e. The summed E-state index contributed by atoms with van der Waals surface area (Å²) in [4.78, 5) is 5.04. The first kappa shape index (κ1) is 17.5. The van der Waals surface area contributed by atoms with Gasteiger partial charge in [0.1, 0.15) is 16.5 Å². The standard InChI is InChI=1S/C18H14FN3O3S2/c1-25-16-7-6-12(19)10-17(16)27(23,24)21-14-5-3-2-4-13(14)15-11-22-8-9-26-18(22)20-15/h2-11,21H,1H3. The summed E-state index contributed by atoms with van der Waals surface area (Å²) >= 11 is 1.48. The van der Waals surface area contributed by atoms with Crippen molar-refractivity contribution in [1.82, 2.24) is 9.38 Å². The van der Waals surface area contributed by atoms with Gasteiger partial charge < -0.3 is 4.74 Å². The number of aromatic nitrogens is 2. The molecule has 2 aromatic heterocycles. The maximum absolute atomic E-state index is 13.6. The third-order valence-electron chi connectivity index (χ3n) is 3.96. The molecule has 0 spiro atoms. The lowest BCUT2D eigenvalue weighted by Gasteiger charge is -2.13. The topological polar surface area (TPSA) is 72.7 Å². The summed E-state index contributed by atoms with van der Waals surface area (Å²) in [6.07, 6.45) is 3.70. The Balaban J connectivity index is 1.77. The van der Waals surface area contributed by atoms with E-state index in [0.29, 0.717) is 16.9 Å². The quantitative estimate of drug-likeness (QED) is 0.546. The molecule has 0 atom stereocenters. The molecule has 2 heterocycles. The summed E-state index contributed by atoms with van der Waals surface area (Å²) in [6.45, 7) is 0. The van der Waals surface area contributed by atoms with Crippen molar-refractivity contribution in [2.75, 3.05) is 11.8 Å². The third-order valence-corrected chi connectivity index (χ3v) is 6.11. The summed E-state index contributed by atoms with van der Waals surface area (Å²) in [5.74, 6) is -0.609. The number of ether oxygens (including phenoxy) is 1. The van der Waals surface area contributed by atoms with Crippen LogP contribution in [0.2, 0.25) is 0 Å². The van der Waals surface area contributed by atoms with E-state index in [1.165, 1.54) is 24.5 Å². The number of imidazole rings is 1. The smallest absolute Gasteiger partial charge is 0.265 e. The highest BCUT2D eigenvalue weighted by atomic mass is 32.2. The predicted octanol–water partition coefficient (Wildman–Crippen LogP) is 4.01. The largest absolute Gasteiger partial charge is 0.495 e. The fourth-order valence-corrected chi connectivity index (χ4v) is 4.67. The SMILES string of the molecule is COc1ccc(F)cc1S(=O)(=O)Nc1ccccc1-c1cn2ccsc2n1. The van der Waals surface area contributed by atoms with E-state index in [2.05, 4.69) is 9.71 Å². The molecule has 4 aromatic rings. The van der Waals surface area contributed by atoms with Crippen molar-refractivity contribution in [3.63, 3.8) is 0 Å². The average molecular weight is 403 g/mol. The van der Waals surface area contributed by atoms with Gasteiger partial charge in [0.2, 0.25) is 0 Å². The van der Waals surface area contributed by atoms with Crippen LogP contribution in [0, 0.1) is 5.82 Å². The molecule has 2 aromatic carbocycles. The number of halogens is 1. The van der Waals surface area contributed by atoms with Gasteiger partial charge in [0.25, 0.3) is 10.0 Å². The molecule has 0 bridgehead atoms. The number of thiazole rings is 1. The normalized spacial score (nSPS) is 11.6. The van der Waals surface area contributed by atoms with E-state index < -0.39 is 15.8 Å². The van der Waals surface area contributed by atoms with Gasteiger partial charge in [-0.1, -0.05) is 18.2 Å². The zero-order valence-corrected chi connectivity index (χ0v) is 15.7. The second kappa shape index (κ2) is 6.67. The lowest BCUT2D eigenvalue weighted by molar-refractivity contribution is 0.401. The number of sulfonamides is 1. The molecular formula is C18H14FN3O3S2. The number of methoxy groups -OCH3 is 1. The van der Waals surface area contributed by atoms with Gasteiger partial charge in [0.15, 0.2) is 4.96 Å². The van der Waals surface area contributed by atoms with Crippen LogP contribution in [0.25, 0.3) is 16.2 Å². The highest BCUT2D eigenvalue weighted by Gasteiger charge is 2.22. The highest BCUT2D eigenvalue weighted by Crippen LogP contribution is 2.32. The number of benzene rings is 2. The van der Waals surface area contributed by atoms with Gasteiger partial charge in [0.05, 0.1) is 18.5 Å². The Morgan fingerprint density at radius 2 is 2.04 bits per heavy atom. The summed E-state index contributed by atoms with van der Waals surface area (Å²) in [5, 5.41) is 1.91. The van der Waals surface area contributed by atoms with Crippen LogP contribution in [0.5, 0.6) is 5.75 Å². The van der Waals surface area contributed by atoms with Crippen molar-refractivity contribution in [2.45, 2.75) is 4.90 Å². The van der Waals surface area contributed by atoms with Crippen LogP contribution in [0.1, 0.15) is 0 Å². The summed E-state index contributed by atoms with van der Waals surface area (Å²) in [6, 6.07) is 10.3. The van der Waals surface area contributed by atoms with Crippen molar-refractivity contribution in [3.8, 4) is 17.0 Å². The van der Waals surface area contributed by atoms with Crippen molar-refractivity contribution in [3.05, 3.63) is 66.1 Å². The Morgan fingerprint density at radius 1 is 1.22 bits per heavy atom. The summed E-state index contributed by atoms with van der Waals surface area (Å²) < 4.78 is 48.8. The molecule has 0 aliphatic carbocycles. The zero-order valence-electron chi connectivity index (χ0n) is 14.1. The van der Waals surface area contributed by atoms with Crippen molar-refractivity contribution in [1.29, 1.82) is 0 Å². The van der Waals surface area contributed by atoms with Crippen LogP contribution in [0.3, 0.4) is 0 Å². The molecule has 4 rings (SSSR count). The molecule has 0 saturated carbocycles. The molecule has 138 valence electrons. The highest BCUT2D eigenvalue weighted by molar-refractivity contribution is 7.92. The third kappa shape index (κ3) is 3.26. The molecule has 0 amide bonds. The fraction of sp³-hybridized carbons (Fsp3) is 0.0556. The van der Waals surface area contributed by atoms with Gasteiger partial charge in [0, 0.05) is 23.3 Å². The molecule has 9 heteroatoms. The van der Waals surface area contributed by atoms with E-state index in [0.717, 1.165) is 17.1 Å². The van der Waals surface area contributed by atoms with Gasteiger partial charge in [-0.2, -0.15) is 0 Å². The average Bonchev–Trinajstić information content (AvgIpc) is 3.24. The number of hydrogen-bond acceptors (Lipinski definition) is 5. The maximum atomic E-state index is 13.6. The fourth-order valence-electron chi connectivity index (χ4n) is 2.71.